The SMILES string of the molecule is Cc1cc(C)cc(NC(=O)CN(Cc2ccco2)[C@H]2CCS(=O)(=O)C2)c1. The number of hydrogen-bond donors (Lipinski definition) is 1. The van der Waals surface area contributed by atoms with E-state index >= 15 is 0 Å². The number of furan rings is 1. The zero-order valence-corrected chi connectivity index (χ0v) is 15.9. The van der Waals surface area contributed by atoms with Crippen molar-refractivity contribution in [1.82, 2.24) is 4.90 Å². The van der Waals surface area contributed by atoms with Crippen LogP contribution < -0.4 is 5.32 Å². The topological polar surface area (TPSA) is 79.6 Å². The van der Waals surface area contributed by atoms with E-state index in [9.17, 15) is 13.2 Å². The molecule has 1 aromatic carbocycles. The average Bonchev–Trinajstić information content (AvgIpc) is 3.14. The van der Waals surface area contributed by atoms with Gasteiger partial charge >= 0.3 is 0 Å². The molecule has 2 heterocycles. The van der Waals surface area contributed by atoms with E-state index in [-0.39, 0.29) is 30.0 Å². The highest BCUT2D eigenvalue weighted by Gasteiger charge is 2.33. The summed E-state index contributed by atoms with van der Waals surface area (Å²) in [6.07, 6.45) is 2.12. The van der Waals surface area contributed by atoms with Crippen molar-refractivity contribution in [2.24, 2.45) is 0 Å². The fourth-order valence-corrected chi connectivity index (χ4v) is 5.17. The summed E-state index contributed by atoms with van der Waals surface area (Å²) in [5.74, 6) is 0.814. The largest absolute Gasteiger partial charge is 0.468 e. The van der Waals surface area contributed by atoms with Crippen LogP contribution in [0.3, 0.4) is 0 Å². The van der Waals surface area contributed by atoms with E-state index < -0.39 is 9.84 Å². The summed E-state index contributed by atoms with van der Waals surface area (Å²) >= 11 is 0. The van der Waals surface area contributed by atoms with Gasteiger partial charge in [-0.1, -0.05) is 6.07 Å². The Bertz CT molecular complexity index is 855. The van der Waals surface area contributed by atoms with E-state index in [1.165, 1.54) is 0 Å². The lowest BCUT2D eigenvalue weighted by molar-refractivity contribution is -0.118. The van der Waals surface area contributed by atoms with Crippen molar-refractivity contribution in [2.75, 3.05) is 23.4 Å². The molecule has 0 aliphatic carbocycles. The fraction of sp³-hybridized carbons (Fsp3) is 0.421. The average molecular weight is 376 g/mol. The summed E-state index contributed by atoms with van der Waals surface area (Å²) in [5.41, 5.74) is 2.91. The van der Waals surface area contributed by atoms with Crippen molar-refractivity contribution < 1.29 is 17.6 Å². The number of nitrogens with zero attached hydrogens (tertiary/aromatic N) is 1. The van der Waals surface area contributed by atoms with E-state index in [2.05, 4.69) is 5.32 Å². The smallest absolute Gasteiger partial charge is 0.238 e. The van der Waals surface area contributed by atoms with Crippen molar-refractivity contribution in [3.05, 3.63) is 53.5 Å². The maximum Gasteiger partial charge on any atom is 0.238 e. The maximum absolute atomic E-state index is 12.6. The Morgan fingerprint density at radius 3 is 2.58 bits per heavy atom. The molecule has 1 amide bonds. The van der Waals surface area contributed by atoms with Crippen LogP contribution in [-0.4, -0.2) is 43.3 Å². The third-order valence-corrected chi connectivity index (χ3v) is 6.27. The van der Waals surface area contributed by atoms with Gasteiger partial charge in [-0.2, -0.15) is 0 Å². The monoisotopic (exact) mass is 376 g/mol. The summed E-state index contributed by atoms with van der Waals surface area (Å²) in [7, 11) is -3.03. The molecule has 1 N–H and O–H groups in total. The molecule has 6 nitrogen and oxygen atoms in total. The standard InChI is InChI=1S/C19H24N2O4S/c1-14-8-15(2)10-16(9-14)20-19(22)12-21(11-18-4-3-6-25-18)17-5-7-26(23,24)13-17/h3-4,6,8-10,17H,5,7,11-13H2,1-2H3,(H,20,22)/t17-/m0/s1. The van der Waals surface area contributed by atoms with Crippen LogP contribution in [0, 0.1) is 13.8 Å². The summed E-state index contributed by atoms with van der Waals surface area (Å²) < 4.78 is 29.1. The van der Waals surface area contributed by atoms with Gasteiger partial charge in [0.05, 0.1) is 30.9 Å². The van der Waals surface area contributed by atoms with Crippen LogP contribution in [0.2, 0.25) is 0 Å². The highest BCUT2D eigenvalue weighted by molar-refractivity contribution is 7.91. The molecule has 0 unspecified atom stereocenters. The predicted octanol–water partition coefficient (Wildman–Crippen LogP) is 2.52. The second-order valence-corrected chi connectivity index (χ2v) is 9.19. The van der Waals surface area contributed by atoms with Gasteiger partial charge in [0.25, 0.3) is 0 Å². The zero-order chi connectivity index (χ0) is 18.7. The number of benzene rings is 1. The molecule has 0 saturated carbocycles. The highest BCUT2D eigenvalue weighted by Crippen LogP contribution is 2.21. The Hall–Kier alpha value is -2.12. The molecular formula is C19H24N2O4S. The Labute approximate surface area is 154 Å². The Morgan fingerprint density at radius 2 is 2.00 bits per heavy atom. The Kier molecular flexibility index (Phi) is 5.48. The van der Waals surface area contributed by atoms with Gasteiger partial charge in [0, 0.05) is 11.7 Å². The third kappa shape index (κ3) is 4.95. The first kappa shape index (κ1) is 18.7. The number of aryl methyl sites for hydroxylation is 2. The van der Waals surface area contributed by atoms with Crippen molar-refractivity contribution in [3.63, 3.8) is 0 Å². The van der Waals surface area contributed by atoms with E-state index in [0.717, 1.165) is 16.8 Å². The summed E-state index contributed by atoms with van der Waals surface area (Å²) in [6.45, 7) is 4.49. The van der Waals surface area contributed by atoms with Gasteiger partial charge < -0.3 is 9.73 Å². The first-order chi connectivity index (χ1) is 12.3. The van der Waals surface area contributed by atoms with Crippen LogP contribution in [0.25, 0.3) is 0 Å². The molecule has 1 fully saturated rings. The van der Waals surface area contributed by atoms with Gasteiger partial charge in [-0.25, -0.2) is 8.42 Å². The van der Waals surface area contributed by atoms with E-state index in [1.807, 2.05) is 43.0 Å². The fourth-order valence-electron chi connectivity index (χ4n) is 3.41. The van der Waals surface area contributed by atoms with Crippen molar-refractivity contribution >= 4 is 21.4 Å². The number of carbonyl (C=O) groups excluding carboxylic acids is 1. The van der Waals surface area contributed by atoms with Gasteiger partial charge in [0.1, 0.15) is 5.76 Å². The summed E-state index contributed by atoms with van der Waals surface area (Å²) in [4.78, 5) is 14.4. The van der Waals surface area contributed by atoms with E-state index in [1.54, 1.807) is 12.3 Å². The molecule has 1 aliphatic heterocycles. The zero-order valence-electron chi connectivity index (χ0n) is 15.1. The Morgan fingerprint density at radius 1 is 1.27 bits per heavy atom. The molecule has 7 heteroatoms. The van der Waals surface area contributed by atoms with Gasteiger partial charge in [-0.05, 0) is 55.7 Å². The van der Waals surface area contributed by atoms with E-state index in [4.69, 9.17) is 4.42 Å². The minimum atomic E-state index is -3.03. The van der Waals surface area contributed by atoms with Crippen LogP contribution in [0.5, 0.6) is 0 Å². The quantitative estimate of drug-likeness (QED) is 0.838. The molecule has 3 rings (SSSR count). The van der Waals surface area contributed by atoms with Gasteiger partial charge in [0.15, 0.2) is 9.84 Å². The van der Waals surface area contributed by atoms with E-state index in [0.29, 0.717) is 18.7 Å². The van der Waals surface area contributed by atoms with Crippen LogP contribution in [0.15, 0.2) is 41.0 Å². The number of anilines is 1. The summed E-state index contributed by atoms with van der Waals surface area (Å²) in [6, 6.07) is 9.33. The summed E-state index contributed by atoms with van der Waals surface area (Å²) in [5, 5.41) is 2.92. The van der Waals surface area contributed by atoms with Crippen LogP contribution in [0.1, 0.15) is 23.3 Å². The molecule has 0 spiro atoms. The van der Waals surface area contributed by atoms with Gasteiger partial charge in [-0.15, -0.1) is 0 Å². The number of sulfone groups is 1. The van der Waals surface area contributed by atoms with Gasteiger partial charge in [0.2, 0.25) is 5.91 Å². The maximum atomic E-state index is 12.6. The molecule has 0 bridgehead atoms. The molecule has 1 aromatic heterocycles. The number of nitrogens with one attached hydrogen (secondary N) is 1. The van der Waals surface area contributed by atoms with Crippen molar-refractivity contribution in [3.8, 4) is 0 Å². The van der Waals surface area contributed by atoms with Crippen molar-refractivity contribution in [1.29, 1.82) is 0 Å². The third-order valence-electron chi connectivity index (χ3n) is 4.52. The second kappa shape index (κ2) is 7.63. The minimum absolute atomic E-state index is 0.0878. The van der Waals surface area contributed by atoms with Crippen LogP contribution in [0.4, 0.5) is 5.69 Å². The molecule has 1 saturated heterocycles. The van der Waals surface area contributed by atoms with Gasteiger partial charge in [-0.3, -0.25) is 9.69 Å². The number of hydrogen-bond acceptors (Lipinski definition) is 5. The molecule has 1 atom stereocenters. The number of carbonyl (C=O) groups is 1. The minimum Gasteiger partial charge on any atom is -0.468 e. The van der Waals surface area contributed by atoms with Crippen LogP contribution >= 0.6 is 0 Å². The normalized spacial score (nSPS) is 19.0. The highest BCUT2D eigenvalue weighted by atomic mass is 32.2. The molecule has 2 aromatic rings. The molecule has 1 aliphatic rings. The second-order valence-electron chi connectivity index (χ2n) is 6.97. The van der Waals surface area contributed by atoms with Crippen molar-refractivity contribution in [2.45, 2.75) is 32.9 Å². The molecule has 0 radical (unpaired) electrons. The Balaban J connectivity index is 1.71. The lowest BCUT2D eigenvalue weighted by Crippen LogP contribution is -2.41. The number of amides is 1. The first-order valence-corrected chi connectivity index (χ1v) is 10.5. The first-order valence-electron chi connectivity index (χ1n) is 8.66. The molecular weight excluding hydrogens is 352 g/mol. The molecule has 26 heavy (non-hydrogen) atoms. The van der Waals surface area contributed by atoms with Crippen LogP contribution in [-0.2, 0) is 21.2 Å². The predicted molar refractivity (Wildman–Crippen MR) is 101 cm³/mol. The lowest BCUT2D eigenvalue weighted by Gasteiger charge is -2.26. The molecule has 140 valence electrons. The number of rotatable bonds is 6. The lowest BCUT2D eigenvalue weighted by atomic mass is 10.1.